The van der Waals surface area contributed by atoms with Gasteiger partial charge in [-0.2, -0.15) is 4.31 Å². The second kappa shape index (κ2) is 9.63. The van der Waals surface area contributed by atoms with E-state index in [2.05, 4.69) is 15.9 Å². The van der Waals surface area contributed by atoms with Gasteiger partial charge >= 0.3 is 0 Å². The number of amides is 1. The normalized spacial score (nSPS) is 15.4. The van der Waals surface area contributed by atoms with Crippen LogP contribution in [0.1, 0.15) is 15.9 Å². The van der Waals surface area contributed by atoms with Crippen molar-refractivity contribution >= 4 is 37.9 Å². The van der Waals surface area contributed by atoms with Crippen LogP contribution in [-0.4, -0.2) is 63.9 Å². The summed E-state index contributed by atoms with van der Waals surface area (Å²) in [4.78, 5) is 14.6. The third kappa shape index (κ3) is 5.03. The quantitative estimate of drug-likeness (QED) is 0.615. The van der Waals surface area contributed by atoms with Crippen LogP contribution in [-0.2, 0) is 10.0 Å². The minimum atomic E-state index is -3.55. The van der Waals surface area contributed by atoms with Crippen LogP contribution in [0.4, 0.5) is 0 Å². The predicted molar refractivity (Wildman–Crippen MR) is 119 cm³/mol. The van der Waals surface area contributed by atoms with Gasteiger partial charge < -0.3 is 14.4 Å². The molecule has 0 atom stereocenters. The minimum Gasteiger partial charge on any atom is -0.495 e. The van der Waals surface area contributed by atoms with E-state index in [9.17, 15) is 13.2 Å². The average Bonchev–Trinajstić information content (AvgIpc) is 2.78. The molecule has 1 aliphatic rings. The first kappa shape index (κ1) is 22.3. The first-order chi connectivity index (χ1) is 14.4. The standard InChI is InChI=1S/C21H23BrN2O5S/c1-28-18-14-17(15-19(29-2)20(18)22)21(25)23-9-11-24(12-10-23)30(26,27)13-8-16-6-4-3-5-7-16/h3-8,13-15H,9-12H2,1-2H3/b13-8+. The van der Waals surface area contributed by atoms with Crippen LogP contribution in [0, 0.1) is 0 Å². The molecule has 9 heteroatoms. The summed E-state index contributed by atoms with van der Waals surface area (Å²) in [6.07, 6.45) is 1.58. The number of methoxy groups -OCH3 is 2. The number of carbonyl (C=O) groups is 1. The lowest BCUT2D eigenvalue weighted by atomic mass is 10.1. The molecule has 1 aliphatic heterocycles. The first-order valence-electron chi connectivity index (χ1n) is 9.30. The monoisotopic (exact) mass is 494 g/mol. The zero-order valence-electron chi connectivity index (χ0n) is 16.7. The molecule has 0 aliphatic carbocycles. The molecule has 0 bridgehead atoms. The molecular weight excluding hydrogens is 472 g/mol. The van der Waals surface area contributed by atoms with Crippen molar-refractivity contribution in [2.24, 2.45) is 0 Å². The summed E-state index contributed by atoms with van der Waals surface area (Å²) in [6.45, 7) is 1.08. The van der Waals surface area contributed by atoms with Gasteiger partial charge in [0.05, 0.1) is 14.2 Å². The number of rotatable bonds is 6. The van der Waals surface area contributed by atoms with Crippen molar-refractivity contribution in [3.05, 3.63) is 63.5 Å². The maximum absolute atomic E-state index is 12.9. The van der Waals surface area contributed by atoms with Gasteiger partial charge in [-0.25, -0.2) is 8.42 Å². The van der Waals surface area contributed by atoms with E-state index in [0.29, 0.717) is 34.6 Å². The summed E-state index contributed by atoms with van der Waals surface area (Å²) < 4.78 is 37.8. The smallest absolute Gasteiger partial charge is 0.254 e. The average molecular weight is 495 g/mol. The van der Waals surface area contributed by atoms with Gasteiger partial charge in [0.15, 0.2) is 0 Å². The number of halogens is 1. The highest BCUT2D eigenvalue weighted by atomic mass is 79.9. The number of hydrogen-bond donors (Lipinski definition) is 0. The molecule has 30 heavy (non-hydrogen) atoms. The maximum atomic E-state index is 12.9. The summed E-state index contributed by atoms with van der Waals surface area (Å²) in [5.74, 6) is 0.783. The number of sulfonamides is 1. The Morgan fingerprint density at radius 2 is 1.57 bits per heavy atom. The number of carbonyl (C=O) groups excluding carboxylic acids is 1. The van der Waals surface area contributed by atoms with Crippen LogP contribution >= 0.6 is 15.9 Å². The molecule has 0 aromatic heterocycles. The van der Waals surface area contributed by atoms with Gasteiger partial charge in [0.1, 0.15) is 16.0 Å². The highest BCUT2D eigenvalue weighted by Gasteiger charge is 2.28. The lowest BCUT2D eigenvalue weighted by Crippen LogP contribution is -2.50. The molecule has 0 N–H and O–H groups in total. The maximum Gasteiger partial charge on any atom is 0.254 e. The Kier molecular flexibility index (Phi) is 7.17. The van der Waals surface area contributed by atoms with E-state index in [-0.39, 0.29) is 19.0 Å². The number of ether oxygens (including phenoxy) is 2. The van der Waals surface area contributed by atoms with Crippen LogP contribution in [0.15, 0.2) is 52.3 Å². The summed E-state index contributed by atoms with van der Waals surface area (Å²) in [7, 11) is -0.525. The summed E-state index contributed by atoms with van der Waals surface area (Å²) in [6, 6.07) is 12.5. The molecular formula is C21H23BrN2O5S. The second-order valence-electron chi connectivity index (χ2n) is 6.64. The van der Waals surface area contributed by atoms with Crippen LogP contribution in [0.3, 0.4) is 0 Å². The lowest BCUT2D eigenvalue weighted by molar-refractivity contribution is 0.0698. The summed E-state index contributed by atoms with van der Waals surface area (Å²) >= 11 is 3.39. The molecule has 2 aromatic rings. The number of piperazine rings is 1. The fourth-order valence-electron chi connectivity index (χ4n) is 3.14. The topological polar surface area (TPSA) is 76.2 Å². The van der Waals surface area contributed by atoms with Gasteiger partial charge in [0.2, 0.25) is 10.0 Å². The van der Waals surface area contributed by atoms with Crippen LogP contribution in [0.25, 0.3) is 6.08 Å². The van der Waals surface area contributed by atoms with E-state index in [1.807, 2.05) is 30.3 Å². The van der Waals surface area contributed by atoms with Gasteiger partial charge in [0, 0.05) is 37.2 Å². The predicted octanol–water partition coefficient (Wildman–Crippen LogP) is 3.22. The second-order valence-corrected chi connectivity index (χ2v) is 9.26. The van der Waals surface area contributed by atoms with Gasteiger partial charge in [0.25, 0.3) is 5.91 Å². The van der Waals surface area contributed by atoms with E-state index >= 15 is 0 Å². The number of nitrogens with zero attached hydrogens (tertiary/aromatic N) is 2. The molecule has 0 spiro atoms. The Hall–Kier alpha value is -2.36. The van der Waals surface area contributed by atoms with Gasteiger partial charge in [-0.3, -0.25) is 4.79 Å². The number of benzene rings is 2. The Bertz CT molecular complexity index is 1010. The molecule has 1 fully saturated rings. The minimum absolute atomic E-state index is 0.198. The van der Waals surface area contributed by atoms with E-state index in [0.717, 1.165) is 5.56 Å². The largest absolute Gasteiger partial charge is 0.495 e. The molecule has 1 heterocycles. The Morgan fingerprint density at radius 1 is 1.00 bits per heavy atom. The molecule has 2 aromatic carbocycles. The van der Waals surface area contributed by atoms with Gasteiger partial charge in [-0.05, 0) is 39.7 Å². The molecule has 1 amide bonds. The van der Waals surface area contributed by atoms with E-state index in [1.165, 1.54) is 23.9 Å². The van der Waals surface area contributed by atoms with E-state index in [1.54, 1.807) is 23.1 Å². The van der Waals surface area contributed by atoms with Crippen LogP contribution < -0.4 is 9.47 Å². The molecule has 1 saturated heterocycles. The van der Waals surface area contributed by atoms with E-state index in [4.69, 9.17) is 9.47 Å². The molecule has 160 valence electrons. The van der Waals surface area contributed by atoms with Crippen molar-refractivity contribution in [1.29, 1.82) is 0 Å². The summed E-state index contributed by atoms with van der Waals surface area (Å²) in [5.41, 5.74) is 1.24. The third-order valence-electron chi connectivity index (χ3n) is 4.81. The molecule has 0 saturated carbocycles. The molecule has 0 unspecified atom stereocenters. The van der Waals surface area contributed by atoms with Gasteiger partial charge in [-0.15, -0.1) is 0 Å². The van der Waals surface area contributed by atoms with Crippen molar-refractivity contribution in [2.75, 3.05) is 40.4 Å². The third-order valence-corrected chi connectivity index (χ3v) is 7.16. The number of hydrogen-bond acceptors (Lipinski definition) is 5. The van der Waals surface area contributed by atoms with Crippen molar-refractivity contribution in [3.63, 3.8) is 0 Å². The van der Waals surface area contributed by atoms with Crippen molar-refractivity contribution in [1.82, 2.24) is 9.21 Å². The van der Waals surface area contributed by atoms with Crippen LogP contribution in [0.2, 0.25) is 0 Å². The lowest BCUT2D eigenvalue weighted by Gasteiger charge is -2.33. The van der Waals surface area contributed by atoms with Crippen molar-refractivity contribution in [2.45, 2.75) is 0 Å². The molecule has 3 rings (SSSR count). The Balaban J connectivity index is 1.68. The zero-order chi connectivity index (χ0) is 21.7. The zero-order valence-corrected chi connectivity index (χ0v) is 19.1. The fourth-order valence-corrected chi connectivity index (χ4v) is 4.86. The van der Waals surface area contributed by atoms with Gasteiger partial charge in [-0.1, -0.05) is 30.3 Å². The first-order valence-corrected chi connectivity index (χ1v) is 11.6. The fraction of sp³-hybridized carbons (Fsp3) is 0.286. The van der Waals surface area contributed by atoms with Crippen LogP contribution in [0.5, 0.6) is 11.5 Å². The highest BCUT2D eigenvalue weighted by Crippen LogP contribution is 2.36. The molecule has 7 nitrogen and oxygen atoms in total. The summed E-state index contributed by atoms with van der Waals surface area (Å²) in [5, 5.41) is 1.21. The SMILES string of the molecule is COc1cc(C(=O)N2CCN(S(=O)(=O)/C=C/c3ccccc3)CC2)cc(OC)c1Br. The van der Waals surface area contributed by atoms with Crippen molar-refractivity contribution in [3.8, 4) is 11.5 Å². The van der Waals surface area contributed by atoms with Crippen molar-refractivity contribution < 1.29 is 22.7 Å². The Labute approximate surface area is 185 Å². The van der Waals surface area contributed by atoms with E-state index < -0.39 is 10.0 Å². The Morgan fingerprint density at radius 3 is 2.10 bits per heavy atom. The molecule has 0 radical (unpaired) electrons. The highest BCUT2D eigenvalue weighted by molar-refractivity contribution is 9.10.